The molecule has 2 aromatic carbocycles. The van der Waals surface area contributed by atoms with Gasteiger partial charge in [0.05, 0.1) is 18.4 Å². The average molecular weight is 459 g/mol. The molecule has 1 aliphatic rings. The first kappa shape index (κ1) is 23.1. The van der Waals surface area contributed by atoms with Crippen LogP contribution in [0.4, 0.5) is 0 Å². The van der Waals surface area contributed by atoms with Gasteiger partial charge in [-0.3, -0.25) is 14.6 Å². The lowest BCUT2D eigenvalue weighted by molar-refractivity contribution is -0.125. The largest absolute Gasteiger partial charge is 0.399 e. The lowest BCUT2D eigenvalue weighted by Crippen LogP contribution is -2.46. The van der Waals surface area contributed by atoms with E-state index in [9.17, 15) is 14.7 Å². The van der Waals surface area contributed by atoms with E-state index >= 15 is 0 Å². The van der Waals surface area contributed by atoms with Gasteiger partial charge in [-0.2, -0.15) is 0 Å². The molecule has 4 rings (SSSR count). The Bertz CT molecular complexity index is 1150. The number of aliphatic hydroxyl groups is 1. The topological polar surface area (TPSA) is 104 Å². The van der Waals surface area contributed by atoms with Gasteiger partial charge in [-0.05, 0) is 34.9 Å². The van der Waals surface area contributed by atoms with E-state index in [1.807, 2.05) is 42.5 Å². The number of nitrogens with zero attached hydrogens (tertiary/aromatic N) is 3. The Kier molecular flexibility index (Phi) is 7.29. The number of aromatic nitrogens is 1. The molecule has 0 saturated carbocycles. The van der Waals surface area contributed by atoms with Gasteiger partial charge in [0, 0.05) is 30.9 Å². The van der Waals surface area contributed by atoms with E-state index < -0.39 is 12.1 Å². The zero-order valence-corrected chi connectivity index (χ0v) is 18.8. The van der Waals surface area contributed by atoms with Crippen molar-refractivity contribution in [3.63, 3.8) is 0 Å². The highest BCUT2D eigenvalue weighted by Crippen LogP contribution is 2.23. The van der Waals surface area contributed by atoms with Crippen LogP contribution >= 0.6 is 0 Å². The maximum atomic E-state index is 13.3. The van der Waals surface area contributed by atoms with Crippen LogP contribution < -0.4 is 5.32 Å². The molecule has 1 saturated heterocycles. The smallest absolute Gasteiger partial charge is 0.254 e. The number of amides is 2. The summed E-state index contributed by atoms with van der Waals surface area (Å²) in [6.45, 7) is 0.230. The van der Waals surface area contributed by atoms with Crippen molar-refractivity contribution in [3.05, 3.63) is 90.3 Å². The second kappa shape index (κ2) is 10.7. The molecule has 3 aromatic rings. The molecule has 34 heavy (non-hydrogen) atoms. The van der Waals surface area contributed by atoms with Crippen molar-refractivity contribution in [3.8, 4) is 11.1 Å². The third kappa shape index (κ3) is 5.29. The van der Waals surface area contributed by atoms with Crippen LogP contribution in [0.15, 0.2) is 84.3 Å². The van der Waals surface area contributed by atoms with E-state index in [0.717, 1.165) is 11.1 Å². The molecule has 0 spiro atoms. The number of carbonyl (C=O) groups is 2. The molecule has 0 bridgehead atoms. The van der Waals surface area contributed by atoms with Crippen LogP contribution in [-0.4, -0.2) is 58.8 Å². The Morgan fingerprint density at radius 3 is 2.56 bits per heavy atom. The molecule has 1 fully saturated rings. The minimum absolute atomic E-state index is 0.0396. The Hall–Kier alpha value is -4.04. The second-order valence-corrected chi connectivity index (χ2v) is 7.98. The Morgan fingerprint density at radius 1 is 1.12 bits per heavy atom. The molecule has 2 heterocycles. The minimum atomic E-state index is -0.845. The monoisotopic (exact) mass is 458 g/mol. The fourth-order valence-electron chi connectivity index (χ4n) is 3.96. The average Bonchev–Trinajstić information content (AvgIpc) is 3.32. The van der Waals surface area contributed by atoms with Gasteiger partial charge in [-0.1, -0.05) is 53.7 Å². The first-order valence-corrected chi connectivity index (χ1v) is 11.0. The normalized spacial score (nSPS) is 17.4. The van der Waals surface area contributed by atoms with Gasteiger partial charge < -0.3 is 20.2 Å². The number of likely N-dealkylation sites (tertiary alicyclic amines) is 1. The molecule has 2 atom stereocenters. The summed E-state index contributed by atoms with van der Waals surface area (Å²) in [4.78, 5) is 36.8. The predicted octanol–water partition coefficient (Wildman–Crippen LogP) is 2.82. The molecule has 2 N–H and O–H groups in total. The van der Waals surface area contributed by atoms with Crippen molar-refractivity contribution < 1.29 is 19.5 Å². The second-order valence-electron chi connectivity index (χ2n) is 7.98. The zero-order chi connectivity index (χ0) is 23.9. The molecular formula is C26H26N4O4. The molecule has 1 aliphatic heterocycles. The van der Waals surface area contributed by atoms with Crippen LogP contribution in [0.2, 0.25) is 0 Å². The zero-order valence-electron chi connectivity index (χ0n) is 18.8. The molecule has 2 amide bonds. The molecule has 174 valence electrons. The van der Waals surface area contributed by atoms with Crippen molar-refractivity contribution in [2.24, 2.45) is 5.16 Å². The summed E-state index contributed by atoms with van der Waals surface area (Å²) in [5.41, 5.74) is 3.67. The standard InChI is InChI=1S/C26H26N4O4/c1-34-29-22-14-23(25(32)28-16-24(31)19-6-3-2-4-7-19)30(17-22)26(33)20-11-9-18(10-12-20)21-8-5-13-27-15-21/h2-13,15,23-24,31H,14,16-17H2,1H3,(H,28,32)/t23-,24+/m0/s1. The number of pyridine rings is 1. The number of oxime groups is 1. The predicted molar refractivity (Wildman–Crippen MR) is 128 cm³/mol. The number of rotatable bonds is 7. The number of benzene rings is 2. The molecule has 8 heteroatoms. The fraction of sp³-hybridized carbons (Fsp3) is 0.231. The lowest BCUT2D eigenvalue weighted by Gasteiger charge is -2.24. The molecule has 1 aromatic heterocycles. The van der Waals surface area contributed by atoms with E-state index in [2.05, 4.69) is 15.5 Å². The molecular weight excluding hydrogens is 432 g/mol. The molecule has 0 radical (unpaired) electrons. The number of hydrogen-bond donors (Lipinski definition) is 2. The van der Waals surface area contributed by atoms with E-state index in [4.69, 9.17) is 4.84 Å². The quantitative estimate of drug-likeness (QED) is 0.530. The molecule has 0 unspecified atom stereocenters. The highest BCUT2D eigenvalue weighted by Gasteiger charge is 2.38. The van der Waals surface area contributed by atoms with Crippen LogP contribution in [0, 0.1) is 0 Å². The van der Waals surface area contributed by atoms with Gasteiger partial charge in [0.2, 0.25) is 5.91 Å². The summed E-state index contributed by atoms with van der Waals surface area (Å²) >= 11 is 0. The van der Waals surface area contributed by atoms with Gasteiger partial charge in [-0.25, -0.2) is 0 Å². The lowest BCUT2D eigenvalue weighted by atomic mass is 10.0. The van der Waals surface area contributed by atoms with E-state index in [1.54, 1.807) is 36.7 Å². The first-order chi connectivity index (χ1) is 16.6. The van der Waals surface area contributed by atoms with Gasteiger partial charge >= 0.3 is 0 Å². The number of hydrogen-bond acceptors (Lipinski definition) is 6. The van der Waals surface area contributed by atoms with Crippen molar-refractivity contribution in [1.82, 2.24) is 15.2 Å². The van der Waals surface area contributed by atoms with Crippen molar-refractivity contribution in [2.75, 3.05) is 20.2 Å². The summed E-state index contributed by atoms with van der Waals surface area (Å²) < 4.78 is 0. The number of aliphatic hydroxyl groups excluding tert-OH is 1. The Balaban J connectivity index is 1.47. The van der Waals surface area contributed by atoms with Gasteiger partial charge in [0.25, 0.3) is 5.91 Å². The van der Waals surface area contributed by atoms with E-state index in [1.165, 1.54) is 12.0 Å². The minimum Gasteiger partial charge on any atom is -0.399 e. The van der Waals surface area contributed by atoms with E-state index in [0.29, 0.717) is 16.8 Å². The third-order valence-corrected chi connectivity index (χ3v) is 5.72. The van der Waals surface area contributed by atoms with Crippen molar-refractivity contribution in [2.45, 2.75) is 18.6 Å². The van der Waals surface area contributed by atoms with E-state index in [-0.39, 0.29) is 31.3 Å². The van der Waals surface area contributed by atoms with Crippen molar-refractivity contribution in [1.29, 1.82) is 0 Å². The fourth-order valence-corrected chi connectivity index (χ4v) is 3.96. The van der Waals surface area contributed by atoms with Crippen molar-refractivity contribution >= 4 is 17.5 Å². The van der Waals surface area contributed by atoms with Gasteiger partial charge in [0.15, 0.2) is 0 Å². The first-order valence-electron chi connectivity index (χ1n) is 11.0. The van der Waals surface area contributed by atoms with Crippen LogP contribution in [0.3, 0.4) is 0 Å². The SMILES string of the molecule is CON=C1C[C@@H](C(=O)NC[C@@H](O)c2ccccc2)N(C(=O)c2ccc(-c3cccnc3)cc2)C1. The summed E-state index contributed by atoms with van der Waals surface area (Å²) in [5.74, 6) is -0.626. The summed E-state index contributed by atoms with van der Waals surface area (Å²) in [5, 5.41) is 17.1. The summed E-state index contributed by atoms with van der Waals surface area (Å²) in [6, 6.07) is 19.3. The number of nitrogens with one attached hydrogen (secondary N) is 1. The van der Waals surface area contributed by atoms with Crippen LogP contribution in [0.5, 0.6) is 0 Å². The Labute approximate surface area is 197 Å². The molecule has 0 aliphatic carbocycles. The van der Waals surface area contributed by atoms with Gasteiger partial charge in [0.1, 0.15) is 13.2 Å². The maximum Gasteiger partial charge on any atom is 0.254 e. The van der Waals surface area contributed by atoms with Crippen LogP contribution in [0.1, 0.15) is 28.4 Å². The Morgan fingerprint density at radius 2 is 1.88 bits per heavy atom. The van der Waals surface area contributed by atoms with Crippen LogP contribution in [0.25, 0.3) is 11.1 Å². The van der Waals surface area contributed by atoms with Crippen LogP contribution in [-0.2, 0) is 9.63 Å². The summed E-state index contributed by atoms with van der Waals surface area (Å²) in [7, 11) is 1.43. The third-order valence-electron chi connectivity index (χ3n) is 5.72. The molecule has 8 nitrogen and oxygen atoms in total. The highest BCUT2D eigenvalue weighted by molar-refractivity contribution is 6.05. The summed E-state index contributed by atoms with van der Waals surface area (Å²) in [6.07, 6.45) is 2.89. The van der Waals surface area contributed by atoms with Gasteiger partial charge in [-0.15, -0.1) is 0 Å². The maximum absolute atomic E-state index is 13.3. The number of carbonyl (C=O) groups excluding carboxylic acids is 2. The highest BCUT2D eigenvalue weighted by atomic mass is 16.6.